The molecule has 4 nitrogen and oxygen atoms in total. The van der Waals surface area contributed by atoms with E-state index in [0.717, 1.165) is 19.3 Å². The summed E-state index contributed by atoms with van der Waals surface area (Å²) in [7, 11) is 0. The topological polar surface area (TPSA) is 74.6 Å². The Balaban J connectivity index is 0. The first kappa shape index (κ1) is 17.8. The summed E-state index contributed by atoms with van der Waals surface area (Å²) < 4.78 is 0. The van der Waals surface area contributed by atoms with Crippen LogP contribution in [0.4, 0.5) is 0 Å². The Morgan fingerprint density at radius 3 is 2.07 bits per heavy atom. The van der Waals surface area contributed by atoms with Gasteiger partial charge in [0.2, 0.25) is 0 Å². The van der Waals surface area contributed by atoms with Gasteiger partial charge in [-0.15, -0.1) is 0 Å². The van der Waals surface area contributed by atoms with Gasteiger partial charge in [-0.25, -0.2) is 0 Å². The molecule has 0 spiro atoms. The third kappa shape index (κ3) is 12.4. The summed E-state index contributed by atoms with van der Waals surface area (Å²) >= 11 is 3.04. The molecule has 0 bridgehead atoms. The van der Waals surface area contributed by atoms with E-state index in [-0.39, 0.29) is 36.0 Å². The molecule has 0 fully saturated rings. The van der Waals surface area contributed by atoms with Crippen LogP contribution < -0.4 is 0 Å². The zero-order valence-corrected chi connectivity index (χ0v) is 9.49. The minimum absolute atomic E-state index is 0. The van der Waals surface area contributed by atoms with Gasteiger partial charge in [0.15, 0.2) is 0 Å². The number of carboxylic acid groups (broad SMARTS) is 2. The molecule has 0 rings (SSSR count). The van der Waals surface area contributed by atoms with Crippen molar-refractivity contribution >= 4 is 57.4 Å². The zero-order chi connectivity index (χ0) is 11.0. The molecule has 0 aromatic carbocycles. The van der Waals surface area contributed by atoms with Gasteiger partial charge in [-0.2, -0.15) is 0 Å². The first-order valence-electron chi connectivity index (χ1n) is 4.62. The molecular weight excluding hydrogens is 275 g/mol. The summed E-state index contributed by atoms with van der Waals surface area (Å²) in [5.74, 6) is -1.61. The first-order chi connectivity index (χ1) is 6.54. The minimum atomic E-state index is -0.837. The van der Waals surface area contributed by atoms with Crippen molar-refractivity contribution in [2.24, 2.45) is 0 Å². The second-order valence-corrected chi connectivity index (χ2v) is 4.26. The Bertz CT molecular complexity index is 199. The molecule has 2 N–H and O–H groups in total. The summed E-state index contributed by atoms with van der Waals surface area (Å²) in [5.41, 5.74) is 0. The van der Waals surface area contributed by atoms with Crippen LogP contribution in [0, 0.1) is 0 Å². The van der Waals surface area contributed by atoms with Crippen molar-refractivity contribution in [2.75, 3.05) is 0 Å². The van der Waals surface area contributed by atoms with Crippen molar-refractivity contribution < 1.29 is 19.8 Å². The quantitative estimate of drug-likeness (QED) is 0.405. The number of halogens is 1. The molecule has 0 saturated carbocycles. The summed E-state index contributed by atoms with van der Waals surface area (Å²) in [6.07, 6.45) is 4.05. The van der Waals surface area contributed by atoms with Crippen LogP contribution in [0.3, 0.4) is 0 Å². The van der Waals surface area contributed by atoms with Crippen LogP contribution in [0.25, 0.3) is 0 Å². The number of hydrogen-bond donors (Lipinski definition) is 2. The van der Waals surface area contributed by atoms with Crippen LogP contribution in [-0.4, -0.2) is 56.5 Å². The third-order valence-corrected chi connectivity index (χ3v) is 2.72. The molecule has 6 heteroatoms. The van der Waals surface area contributed by atoms with Gasteiger partial charge in [0.25, 0.3) is 0 Å². The number of carbonyl (C=O) groups is 2. The Hall–Kier alpha value is 0.420. The second kappa shape index (κ2) is 10.9. The van der Waals surface area contributed by atoms with Gasteiger partial charge < -0.3 is 10.2 Å². The van der Waals surface area contributed by atoms with Crippen molar-refractivity contribution in [1.29, 1.82) is 0 Å². The van der Waals surface area contributed by atoms with Crippen molar-refractivity contribution in [1.82, 2.24) is 0 Å². The summed E-state index contributed by atoms with van der Waals surface area (Å²) in [5, 5.41) is 16.9. The zero-order valence-electron chi connectivity index (χ0n) is 7.91. The average molecular weight is 291 g/mol. The van der Waals surface area contributed by atoms with Crippen LogP contribution in [0.2, 0.25) is 0 Å². The molecule has 0 aliphatic rings. The fourth-order valence-electron chi connectivity index (χ4n) is 1.08. The fraction of sp³-hybridized carbons (Fsp3) is 0.778. The summed E-state index contributed by atoms with van der Waals surface area (Å²) in [4.78, 5) is 20.1. The van der Waals surface area contributed by atoms with E-state index in [1.54, 1.807) is 0 Å². The first-order valence-corrected chi connectivity index (χ1v) is 5.54. The van der Waals surface area contributed by atoms with Crippen molar-refractivity contribution in [3.05, 3.63) is 0 Å². The molecular formula is C9H16BrNaO4. The molecule has 0 heterocycles. The average Bonchev–Trinajstić information content (AvgIpc) is 2.09. The molecule has 0 saturated heterocycles. The molecule has 0 amide bonds. The maximum atomic E-state index is 10.4. The van der Waals surface area contributed by atoms with E-state index < -0.39 is 16.8 Å². The SMILES string of the molecule is O=C(O)CCCCCCC(Br)C(=O)O.[NaH]. The molecule has 0 aromatic rings. The predicted molar refractivity (Wildman–Crippen MR) is 62.8 cm³/mol. The van der Waals surface area contributed by atoms with E-state index in [2.05, 4.69) is 15.9 Å². The Morgan fingerprint density at radius 2 is 1.60 bits per heavy atom. The van der Waals surface area contributed by atoms with E-state index in [1.807, 2.05) is 0 Å². The Morgan fingerprint density at radius 1 is 1.07 bits per heavy atom. The third-order valence-electron chi connectivity index (χ3n) is 1.87. The normalized spacial score (nSPS) is 11.5. The molecule has 0 radical (unpaired) electrons. The van der Waals surface area contributed by atoms with Crippen LogP contribution in [0.15, 0.2) is 0 Å². The number of aliphatic carboxylic acids is 2. The van der Waals surface area contributed by atoms with Crippen LogP contribution >= 0.6 is 15.9 Å². The monoisotopic (exact) mass is 290 g/mol. The van der Waals surface area contributed by atoms with Crippen molar-refractivity contribution in [3.8, 4) is 0 Å². The van der Waals surface area contributed by atoms with E-state index in [0.29, 0.717) is 12.8 Å². The van der Waals surface area contributed by atoms with E-state index in [1.165, 1.54) is 0 Å². The fourth-order valence-corrected chi connectivity index (χ4v) is 1.40. The molecule has 0 aromatic heterocycles. The number of unbranched alkanes of at least 4 members (excludes halogenated alkanes) is 3. The van der Waals surface area contributed by atoms with Crippen LogP contribution in [0.5, 0.6) is 0 Å². The van der Waals surface area contributed by atoms with Crippen molar-refractivity contribution in [3.63, 3.8) is 0 Å². The van der Waals surface area contributed by atoms with Crippen LogP contribution in [0.1, 0.15) is 38.5 Å². The van der Waals surface area contributed by atoms with E-state index >= 15 is 0 Å². The van der Waals surface area contributed by atoms with Gasteiger partial charge in [-0.05, 0) is 12.8 Å². The van der Waals surface area contributed by atoms with E-state index in [4.69, 9.17) is 10.2 Å². The number of carboxylic acids is 2. The Labute approximate surface area is 120 Å². The molecule has 15 heavy (non-hydrogen) atoms. The predicted octanol–water partition coefficient (Wildman–Crippen LogP) is 1.61. The number of hydrogen-bond acceptors (Lipinski definition) is 2. The number of alkyl halides is 1. The van der Waals surface area contributed by atoms with Gasteiger partial charge in [0, 0.05) is 6.42 Å². The maximum absolute atomic E-state index is 10.4. The number of rotatable bonds is 8. The van der Waals surface area contributed by atoms with Gasteiger partial charge >= 0.3 is 41.5 Å². The standard InChI is InChI=1S/C9H15BrO4.Na.H/c10-7(9(13)14)5-3-1-2-4-6-8(11)12;;/h7H,1-6H2,(H,11,12)(H,13,14);;. The summed E-state index contributed by atoms with van der Waals surface area (Å²) in [6, 6.07) is 0. The summed E-state index contributed by atoms with van der Waals surface area (Å²) in [6.45, 7) is 0. The molecule has 84 valence electrons. The van der Waals surface area contributed by atoms with Crippen molar-refractivity contribution in [2.45, 2.75) is 43.4 Å². The van der Waals surface area contributed by atoms with Gasteiger partial charge in [0.1, 0.15) is 4.83 Å². The van der Waals surface area contributed by atoms with Gasteiger partial charge in [-0.3, -0.25) is 9.59 Å². The van der Waals surface area contributed by atoms with Crippen LogP contribution in [-0.2, 0) is 9.59 Å². The molecule has 0 aliphatic carbocycles. The van der Waals surface area contributed by atoms with Gasteiger partial charge in [-0.1, -0.05) is 35.2 Å². The van der Waals surface area contributed by atoms with Gasteiger partial charge in [0.05, 0.1) is 0 Å². The molecule has 0 aliphatic heterocycles. The Kier molecular flexibility index (Phi) is 13.0. The molecule has 1 atom stereocenters. The van der Waals surface area contributed by atoms with E-state index in [9.17, 15) is 9.59 Å². The second-order valence-electron chi connectivity index (χ2n) is 3.15. The molecule has 1 unspecified atom stereocenters.